The maximum Gasteiger partial charge on any atom is 0.0197 e. The quantitative estimate of drug-likeness (QED) is 0.668. The van der Waals surface area contributed by atoms with Gasteiger partial charge in [-0.2, -0.15) is 0 Å². The molecule has 0 saturated carbocycles. The van der Waals surface area contributed by atoms with Crippen LogP contribution in [-0.4, -0.2) is 36.6 Å². The number of hydrogen-bond acceptors (Lipinski definition) is 2. The van der Waals surface area contributed by atoms with E-state index in [0.717, 1.165) is 0 Å². The van der Waals surface area contributed by atoms with Crippen molar-refractivity contribution in [2.24, 2.45) is 5.41 Å². The van der Waals surface area contributed by atoms with Crippen LogP contribution in [0.2, 0.25) is 0 Å². The van der Waals surface area contributed by atoms with E-state index in [1.807, 2.05) is 0 Å². The first-order chi connectivity index (χ1) is 8.93. The van der Waals surface area contributed by atoms with E-state index in [0.29, 0.717) is 17.5 Å². The van der Waals surface area contributed by atoms with Crippen LogP contribution < -0.4 is 5.32 Å². The molecule has 0 aliphatic carbocycles. The Labute approximate surface area is 121 Å². The zero-order valence-corrected chi connectivity index (χ0v) is 14.0. The summed E-state index contributed by atoms with van der Waals surface area (Å²) in [5, 5.41) is 3.71. The Bertz CT molecular complexity index is 235. The lowest BCUT2D eigenvalue weighted by Crippen LogP contribution is -2.49. The highest BCUT2D eigenvalue weighted by atomic mass is 15.2. The van der Waals surface area contributed by atoms with E-state index >= 15 is 0 Å². The zero-order chi connectivity index (χ0) is 14.3. The molecule has 2 heteroatoms. The number of likely N-dealkylation sites (tertiary alicyclic amines) is 1. The van der Waals surface area contributed by atoms with Crippen molar-refractivity contribution in [2.45, 2.75) is 85.2 Å². The molecule has 0 aromatic heterocycles. The lowest BCUT2D eigenvalue weighted by Gasteiger charge is -2.39. The van der Waals surface area contributed by atoms with Gasteiger partial charge in [-0.05, 0) is 31.2 Å². The normalized spacial score (nSPS) is 22.1. The minimum Gasteiger partial charge on any atom is -0.311 e. The van der Waals surface area contributed by atoms with Gasteiger partial charge in [-0.1, -0.05) is 53.9 Å². The summed E-state index contributed by atoms with van der Waals surface area (Å²) in [7, 11) is 0. The van der Waals surface area contributed by atoms with Gasteiger partial charge in [0.05, 0.1) is 0 Å². The van der Waals surface area contributed by atoms with Gasteiger partial charge in [0.15, 0.2) is 0 Å². The zero-order valence-electron chi connectivity index (χ0n) is 14.0. The van der Waals surface area contributed by atoms with Crippen LogP contribution in [0, 0.1) is 5.41 Å². The molecule has 1 unspecified atom stereocenters. The Morgan fingerprint density at radius 2 is 2.00 bits per heavy atom. The Kier molecular flexibility index (Phi) is 7.38. The topological polar surface area (TPSA) is 15.3 Å². The predicted molar refractivity (Wildman–Crippen MR) is 85.7 cm³/mol. The van der Waals surface area contributed by atoms with Crippen molar-refractivity contribution < 1.29 is 0 Å². The lowest BCUT2D eigenvalue weighted by molar-refractivity contribution is 0.122. The fourth-order valence-corrected chi connectivity index (χ4v) is 3.34. The third-order valence-electron chi connectivity index (χ3n) is 4.18. The molecule has 1 saturated heterocycles. The van der Waals surface area contributed by atoms with Gasteiger partial charge >= 0.3 is 0 Å². The van der Waals surface area contributed by atoms with E-state index in [9.17, 15) is 0 Å². The molecule has 1 N–H and O–H groups in total. The molecular formula is C17H36N2. The van der Waals surface area contributed by atoms with Crippen LogP contribution in [0.5, 0.6) is 0 Å². The van der Waals surface area contributed by atoms with Crippen molar-refractivity contribution in [1.82, 2.24) is 10.2 Å². The van der Waals surface area contributed by atoms with Crippen molar-refractivity contribution >= 4 is 0 Å². The summed E-state index contributed by atoms with van der Waals surface area (Å²) in [4.78, 5) is 2.69. The van der Waals surface area contributed by atoms with Gasteiger partial charge in [0.1, 0.15) is 0 Å². The van der Waals surface area contributed by atoms with Gasteiger partial charge in [-0.15, -0.1) is 0 Å². The Balaban J connectivity index is 2.33. The molecule has 0 amide bonds. The molecule has 0 radical (unpaired) electrons. The highest BCUT2D eigenvalue weighted by molar-refractivity contribution is 4.83. The number of nitrogens with one attached hydrogen (secondary N) is 1. The maximum absolute atomic E-state index is 3.71. The van der Waals surface area contributed by atoms with Crippen LogP contribution in [0.25, 0.3) is 0 Å². The second-order valence-electron chi connectivity index (χ2n) is 7.52. The maximum atomic E-state index is 3.71. The number of unbranched alkanes of at least 4 members (excludes halogenated alkanes) is 2. The molecule has 0 aromatic rings. The van der Waals surface area contributed by atoms with E-state index in [1.54, 1.807) is 0 Å². The molecule has 1 aliphatic heterocycles. The molecule has 1 fully saturated rings. The number of hydrogen-bond donors (Lipinski definition) is 1. The van der Waals surface area contributed by atoms with Gasteiger partial charge < -0.3 is 10.2 Å². The molecule has 1 rings (SSSR count). The molecule has 0 aromatic carbocycles. The fourth-order valence-electron chi connectivity index (χ4n) is 3.34. The van der Waals surface area contributed by atoms with Gasteiger partial charge in [-0.25, -0.2) is 0 Å². The van der Waals surface area contributed by atoms with Gasteiger partial charge in [0.25, 0.3) is 0 Å². The summed E-state index contributed by atoms with van der Waals surface area (Å²) in [5.74, 6) is 0. The minimum atomic E-state index is 0.481. The Hall–Kier alpha value is -0.0800. The second kappa shape index (κ2) is 8.26. The molecule has 114 valence electrons. The highest BCUT2D eigenvalue weighted by Crippen LogP contribution is 2.26. The van der Waals surface area contributed by atoms with E-state index in [2.05, 4.69) is 44.8 Å². The van der Waals surface area contributed by atoms with Gasteiger partial charge in [0, 0.05) is 25.2 Å². The minimum absolute atomic E-state index is 0.481. The monoisotopic (exact) mass is 268 g/mol. The standard InChI is InChI=1S/C17H36N2/c1-6-7-8-11-17(4,5)14-19-12-9-10-16(13-19)18-15(2)3/h15-16,18H,6-14H2,1-5H3. The molecule has 1 aliphatic rings. The highest BCUT2D eigenvalue weighted by Gasteiger charge is 2.26. The van der Waals surface area contributed by atoms with Crippen LogP contribution in [-0.2, 0) is 0 Å². The summed E-state index contributed by atoms with van der Waals surface area (Å²) in [6.45, 7) is 15.5. The number of piperidine rings is 1. The van der Waals surface area contributed by atoms with Crippen molar-refractivity contribution in [3.8, 4) is 0 Å². The van der Waals surface area contributed by atoms with Crippen LogP contribution in [0.3, 0.4) is 0 Å². The molecular weight excluding hydrogens is 232 g/mol. The second-order valence-corrected chi connectivity index (χ2v) is 7.52. The number of nitrogens with zero attached hydrogens (tertiary/aromatic N) is 1. The fraction of sp³-hybridized carbons (Fsp3) is 1.00. The summed E-state index contributed by atoms with van der Waals surface area (Å²) >= 11 is 0. The molecule has 19 heavy (non-hydrogen) atoms. The van der Waals surface area contributed by atoms with Crippen molar-refractivity contribution in [1.29, 1.82) is 0 Å². The SMILES string of the molecule is CCCCCC(C)(C)CN1CCCC(NC(C)C)C1. The summed E-state index contributed by atoms with van der Waals surface area (Å²) in [6.07, 6.45) is 8.20. The summed E-state index contributed by atoms with van der Waals surface area (Å²) < 4.78 is 0. The van der Waals surface area contributed by atoms with Crippen LogP contribution >= 0.6 is 0 Å². The average Bonchev–Trinajstić information content (AvgIpc) is 2.27. The largest absolute Gasteiger partial charge is 0.311 e. The van der Waals surface area contributed by atoms with Crippen molar-refractivity contribution in [3.63, 3.8) is 0 Å². The first-order valence-electron chi connectivity index (χ1n) is 8.41. The first-order valence-corrected chi connectivity index (χ1v) is 8.41. The van der Waals surface area contributed by atoms with Crippen LogP contribution in [0.1, 0.15) is 73.1 Å². The van der Waals surface area contributed by atoms with Crippen LogP contribution in [0.4, 0.5) is 0 Å². The van der Waals surface area contributed by atoms with Gasteiger partial charge in [-0.3, -0.25) is 0 Å². The van der Waals surface area contributed by atoms with E-state index in [4.69, 9.17) is 0 Å². The van der Waals surface area contributed by atoms with E-state index in [-0.39, 0.29) is 0 Å². The lowest BCUT2D eigenvalue weighted by atomic mass is 9.85. The molecule has 0 spiro atoms. The van der Waals surface area contributed by atoms with Crippen LogP contribution in [0.15, 0.2) is 0 Å². The first kappa shape index (κ1) is 17.0. The summed E-state index contributed by atoms with van der Waals surface area (Å²) in [5.41, 5.74) is 0.481. The van der Waals surface area contributed by atoms with Gasteiger partial charge in [0.2, 0.25) is 0 Å². The third-order valence-corrected chi connectivity index (χ3v) is 4.18. The van der Waals surface area contributed by atoms with E-state index < -0.39 is 0 Å². The predicted octanol–water partition coefficient (Wildman–Crippen LogP) is 4.06. The Morgan fingerprint density at radius 1 is 1.26 bits per heavy atom. The number of rotatable bonds is 8. The van der Waals surface area contributed by atoms with E-state index in [1.165, 1.54) is 58.2 Å². The summed E-state index contributed by atoms with van der Waals surface area (Å²) in [6, 6.07) is 1.32. The molecule has 0 bridgehead atoms. The third kappa shape index (κ3) is 7.31. The van der Waals surface area contributed by atoms with Crippen molar-refractivity contribution in [3.05, 3.63) is 0 Å². The van der Waals surface area contributed by atoms with Crippen molar-refractivity contribution in [2.75, 3.05) is 19.6 Å². The smallest absolute Gasteiger partial charge is 0.0197 e. The Morgan fingerprint density at radius 3 is 2.63 bits per heavy atom. The average molecular weight is 268 g/mol. The molecule has 2 nitrogen and oxygen atoms in total. The molecule has 1 atom stereocenters. The molecule has 1 heterocycles.